The van der Waals surface area contributed by atoms with E-state index in [1.165, 1.54) is 7.11 Å². The Kier molecular flexibility index (Phi) is 6.38. The van der Waals surface area contributed by atoms with Crippen molar-refractivity contribution in [2.75, 3.05) is 14.2 Å². The molecule has 84 valence electrons. The van der Waals surface area contributed by atoms with Gasteiger partial charge < -0.3 is 9.84 Å². The van der Waals surface area contributed by atoms with Crippen LogP contribution in [0.4, 0.5) is 0 Å². The Morgan fingerprint density at radius 2 is 1.80 bits per heavy atom. The zero-order valence-corrected chi connectivity index (χ0v) is 9.65. The molecule has 0 aromatic heterocycles. The van der Waals surface area contributed by atoms with Crippen LogP contribution in [0.3, 0.4) is 0 Å². The molecule has 0 atom stereocenters. The van der Waals surface area contributed by atoms with Gasteiger partial charge in [-0.05, 0) is 17.5 Å². The van der Waals surface area contributed by atoms with Crippen LogP contribution < -0.4 is 0 Å². The molecule has 0 radical (unpaired) electrons. The predicted molar refractivity (Wildman–Crippen MR) is 60.0 cm³/mol. The molecule has 1 aromatic carbocycles. The third-order valence-corrected chi connectivity index (χ3v) is 1.99. The van der Waals surface area contributed by atoms with Crippen LogP contribution in [0.25, 0.3) is 0 Å². The topological polar surface area (TPSA) is 46.5 Å². The van der Waals surface area contributed by atoms with Crippen molar-refractivity contribution in [3.63, 3.8) is 0 Å². The minimum Gasteiger partial charge on any atom is -0.465 e. The molecular formula is C12H18O3. The Morgan fingerprint density at radius 1 is 1.27 bits per heavy atom. The molecule has 0 amide bonds. The Labute approximate surface area is 90.7 Å². The first kappa shape index (κ1) is 13.7. The lowest BCUT2D eigenvalue weighted by atomic mass is 9.97. The van der Waals surface area contributed by atoms with Gasteiger partial charge in [0.15, 0.2) is 0 Å². The van der Waals surface area contributed by atoms with Gasteiger partial charge in [-0.2, -0.15) is 0 Å². The van der Waals surface area contributed by atoms with Crippen molar-refractivity contribution in [2.45, 2.75) is 19.8 Å². The number of aliphatic hydroxyl groups is 1. The monoisotopic (exact) mass is 210 g/mol. The van der Waals surface area contributed by atoms with E-state index in [4.69, 9.17) is 5.11 Å². The molecule has 3 heteroatoms. The van der Waals surface area contributed by atoms with E-state index in [0.717, 1.165) is 12.7 Å². The molecule has 0 aliphatic rings. The predicted octanol–water partition coefficient (Wildman–Crippen LogP) is 2.21. The number of hydrogen-bond acceptors (Lipinski definition) is 3. The first-order valence-electron chi connectivity index (χ1n) is 4.78. The van der Waals surface area contributed by atoms with Crippen molar-refractivity contribution < 1.29 is 14.6 Å². The zero-order chi connectivity index (χ0) is 11.8. The highest BCUT2D eigenvalue weighted by molar-refractivity contribution is 5.91. The van der Waals surface area contributed by atoms with Gasteiger partial charge in [0.2, 0.25) is 0 Å². The minimum atomic E-state index is -0.260. The van der Waals surface area contributed by atoms with Gasteiger partial charge in [0.1, 0.15) is 0 Å². The van der Waals surface area contributed by atoms with Crippen LogP contribution in [0.1, 0.15) is 35.7 Å². The fraction of sp³-hybridized carbons (Fsp3) is 0.417. The fourth-order valence-electron chi connectivity index (χ4n) is 1.30. The van der Waals surface area contributed by atoms with Crippen LogP contribution in [0, 0.1) is 0 Å². The van der Waals surface area contributed by atoms with Crippen LogP contribution in [-0.4, -0.2) is 25.3 Å². The molecule has 0 saturated carbocycles. The zero-order valence-electron chi connectivity index (χ0n) is 9.65. The number of methoxy groups -OCH3 is 1. The second-order valence-electron chi connectivity index (χ2n) is 3.23. The van der Waals surface area contributed by atoms with Crippen molar-refractivity contribution in [1.82, 2.24) is 0 Å². The quantitative estimate of drug-likeness (QED) is 0.761. The number of ether oxygens (including phenoxy) is 1. The number of aliphatic hydroxyl groups excluding tert-OH is 1. The third kappa shape index (κ3) is 3.72. The Balaban J connectivity index is 0.000000921. The molecule has 0 spiro atoms. The van der Waals surface area contributed by atoms with E-state index < -0.39 is 0 Å². The Morgan fingerprint density at radius 3 is 2.27 bits per heavy atom. The van der Waals surface area contributed by atoms with Gasteiger partial charge in [-0.1, -0.05) is 32.0 Å². The average Bonchev–Trinajstić information content (AvgIpc) is 2.30. The maximum atomic E-state index is 11.3. The van der Waals surface area contributed by atoms with Gasteiger partial charge >= 0.3 is 5.97 Å². The van der Waals surface area contributed by atoms with E-state index in [1.54, 1.807) is 6.07 Å². The van der Waals surface area contributed by atoms with E-state index >= 15 is 0 Å². The molecule has 0 fully saturated rings. The van der Waals surface area contributed by atoms with Crippen molar-refractivity contribution in [3.05, 3.63) is 35.4 Å². The van der Waals surface area contributed by atoms with Crippen LogP contribution in [0.5, 0.6) is 0 Å². The molecule has 1 N–H and O–H groups in total. The van der Waals surface area contributed by atoms with E-state index in [0.29, 0.717) is 11.5 Å². The van der Waals surface area contributed by atoms with Crippen LogP contribution in [0.15, 0.2) is 24.3 Å². The molecule has 1 rings (SSSR count). The van der Waals surface area contributed by atoms with Crippen molar-refractivity contribution in [2.24, 2.45) is 0 Å². The summed E-state index contributed by atoms with van der Waals surface area (Å²) in [6.45, 7) is 4.11. The number of esters is 1. The number of benzene rings is 1. The summed E-state index contributed by atoms with van der Waals surface area (Å²) in [5.74, 6) is 0.0830. The summed E-state index contributed by atoms with van der Waals surface area (Å²) in [4.78, 5) is 11.3. The van der Waals surface area contributed by atoms with Crippen molar-refractivity contribution >= 4 is 5.97 Å². The molecule has 0 aliphatic carbocycles. The maximum absolute atomic E-state index is 11.3. The van der Waals surface area contributed by atoms with E-state index in [-0.39, 0.29) is 5.97 Å². The molecule has 0 saturated heterocycles. The summed E-state index contributed by atoms with van der Waals surface area (Å²) in [7, 11) is 2.40. The summed E-state index contributed by atoms with van der Waals surface area (Å²) in [6.07, 6.45) is 0. The molecule has 15 heavy (non-hydrogen) atoms. The highest BCUT2D eigenvalue weighted by Crippen LogP contribution is 2.19. The third-order valence-electron chi connectivity index (χ3n) is 1.99. The molecule has 0 unspecified atom stereocenters. The smallest absolute Gasteiger partial charge is 0.338 e. The second kappa shape index (κ2) is 7.01. The van der Waals surface area contributed by atoms with Gasteiger partial charge in [0.05, 0.1) is 12.7 Å². The Bertz CT molecular complexity index is 305. The number of carbonyl (C=O) groups excluding carboxylic acids is 1. The van der Waals surface area contributed by atoms with Crippen molar-refractivity contribution in [3.8, 4) is 0 Å². The van der Waals surface area contributed by atoms with Crippen LogP contribution >= 0.6 is 0 Å². The van der Waals surface area contributed by atoms with E-state index in [1.807, 2.05) is 18.2 Å². The maximum Gasteiger partial charge on any atom is 0.338 e. The molecule has 0 bridgehead atoms. The molecule has 0 heterocycles. The summed E-state index contributed by atoms with van der Waals surface area (Å²) in [5, 5.41) is 7.00. The standard InChI is InChI=1S/C11H14O2.CH4O/c1-8(2)9-6-4-5-7-10(9)11(12)13-3;1-2/h4-8H,1-3H3;2H,1H3. The number of hydrogen-bond donors (Lipinski definition) is 1. The summed E-state index contributed by atoms with van der Waals surface area (Å²) in [5.41, 5.74) is 1.70. The molecule has 0 aliphatic heterocycles. The SMILES string of the molecule is CO.COC(=O)c1ccccc1C(C)C. The van der Waals surface area contributed by atoms with Gasteiger partial charge in [-0.25, -0.2) is 4.79 Å². The summed E-state index contributed by atoms with van der Waals surface area (Å²) >= 11 is 0. The van der Waals surface area contributed by atoms with E-state index in [2.05, 4.69) is 18.6 Å². The Hall–Kier alpha value is -1.35. The van der Waals surface area contributed by atoms with Crippen LogP contribution in [-0.2, 0) is 4.74 Å². The number of rotatable bonds is 2. The highest BCUT2D eigenvalue weighted by atomic mass is 16.5. The van der Waals surface area contributed by atoms with Gasteiger partial charge in [-0.3, -0.25) is 0 Å². The first-order valence-corrected chi connectivity index (χ1v) is 4.78. The summed E-state index contributed by atoms with van der Waals surface area (Å²) in [6, 6.07) is 7.53. The largest absolute Gasteiger partial charge is 0.465 e. The fourth-order valence-corrected chi connectivity index (χ4v) is 1.30. The first-order chi connectivity index (χ1) is 7.16. The average molecular weight is 210 g/mol. The van der Waals surface area contributed by atoms with Gasteiger partial charge in [0, 0.05) is 7.11 Å². The second-order valence-corrected chi connectivity index (χ2v) is 3.23. The molecule has 3 nitrogen and oxygen atoms in total. The lowest BCUT2D eigenvalue weighted by molar-refractivity contribution is 0.0599. The lowest BCUT2D eigenvalue weighted by Crippen LogP contribution is -2.06. The van der Waals surface area contributed by atoms with Crippen molar-refractivity contribution in [1.29, 1.82) is 0 Å². The number of carbonyl (C=O) groups is 1. The van der Waals surface area contributed by atoms with Crippen LogP contribution in [0.2, 0.25) is 0 Å². The normalized spacial score (nSPS) is 9.20. The molecular weight excluding hydrogens is 192 g/mol. The van der Waals surface area contributed by atoms with Gasteiger partial charge in [0.25, 0.3) is 0 Å². The van der Waals surface area contributed by atoms with Gasteiger partial charge in [-0.15, -0.1) is 0 Å². The highest BCUT2D eigenvalue weighted by Gasteiger charge is 2.12. The van der Waals surface area contributed by atoms with E-state index in [9.17, 15) is 4.79 Å². The summed E-state index contributed by atoms with van der Waals surface area (Å²) < 4.78 is 4.69. The minimum absolute atomic E-state index is 0.260. The molecule has 1 aromatic rings. The lowest BCUT2D eigenvalue weighted by Gasteiger charge is -2.09.